The Hall–Kier alpha value is -2.74. The van der Waals surface area contributed by atoms with Gasteiger partial charge in [-0.3, -0.25) is 5.43 Å². The highest BCUT2D eigenvalue weighted by atomic mass is 32.1. The number of benzene rings is 1. The summed E-state index contributed by atoms with van der Waals surface area (Å²) in [6.07, 6.45) is 0. The number of thiophene rings is 1. The molecule has 2 rings (SSSR count). The van der Waals surface area contributed by atoms with Crippen LogP contribution in [-0.2, 0) is 4.74 Å². The van der Waals surface area contributed by atoms with Crippen molar-refractivity contribution in [2.75, 3.05) is 12.5 Å². The van der Waals surface area contributed by atoms with E-state index in [0.29, 0.717) is 16.3 Å². The van der Waals surface area contributed by atoms with E-state index in [1.54, 1.807) is 18.4 Å². The minimum absolute atomic E-state index is 0.248. The van der Waals surface area contributed by atoms with Gasteiger partial charge in [-0.15, -0.1) is 11.3 Å². The van der Waals surface area contributed by atoms with Gasteiger partial charge in [0, 0.05) is 5.56 Å². The fourth-order valence-corrected chi connectivity index (χ4v) is 2.47. The van der Waals surface area contributed by atoms with E-state index in [9.17, 15) is 20.1 Å². The third-order valence-corrected chi connectivity index (χ3v) is 3.79. The number of carbonyl (C=O) groups excluding carboxylic acids is 1. The largest absolute Gasteiger partial charge is 0.504 e. The second kappa shape index (κ2) is 6.35. The number of ether oxygens (including phenoxy) is 1. The first-order valence-electron chi connectivity index (χ1n) is 6.16. The van der Waals surface area contributed by atoms with Gasteiger partial charge in [-0.2, -0.15) is 5.10 Å². The highest BCUT2D eigenvalue weighted by molar-refractivity contribution is 7.12. The van der Waals surface area contributed by atoms with E-state index in [-0.39, 0.29) is 5.56 Å². The molecule has 0 fully saturated rings. The van der Waals surface area contributed by atoms with Crippen LogP contribution >= 0.6 is 11.3 Å². The molecular formula is C14H14N2O5S. The molecule has 1 aromatic heterocycles. The quantitative estimate of drug-likeness (QED) is 0.298. The smallest absolute Gasteiger partial charge is 0.350 e. The first-order chi connectivity index (χ1) is 10.5. The number of hydrogen-bond donors (Lipinski definition) is 4. The van der Waals surface area contributed by atoms with Crippen LogP contribution in [0.25, 0.3) is 0 Å². The van der Waals surface area contributed by atoms with Gasteiger partial charge in [0.05, 0.1) is 18.5 Å². The molecule has 0 aliphatic carbocycles. The van der Waals surface area contributed by atoms with Crippen LogP contribution in [0.15, 0.2) is 28.7 Å². The van der Waals surface area contributed by atoms with E-state index in [2.05, 4.69) is 15.3 Å². The number of carbonyl (C=O) groups is 1. The first kappa shape index (κ1) is 15.6. The molecule has 2 aromatic rings. The standard InChI is InChI=1S/C14H14N2O5S/c1-7(8-3-4-10(17)12(19)11(8)18)15-16-9-5-6-22-13(9)14(20)21-2/h3-6,16-19H,1-2H3. The highest BCUT2D eigenvalue weighted by Crippen LogP contribution is 2.37. The summed E-state index contributed by atoms with van der Waals surface area (Å²) < 4.78 is 4.66. The summed E-state index contributed by atoms with van der Waals surface area (Å²) in [6.45, 7) is 1.60. The van der Waals surface area contributed by atoms with Gasteiger partial charge >= 0.3 is 5.97 Å². The molecular weight excluding hydrogens is 308 g/mol. The van der Waals surface area contributed by atoms with Crippen LogP contribution in [0.4, 0.5) is 5.69 Å². The summed E-state index contributed by atoms with van der Waals surface area (Å²) in [5, 5.41) is 34.4. The number of rotatable bonds is 4. The zero-order chi connectivity index (χ0) is 16.3. The molecule has 0 saturated carbocycles. The topological polar surface area (TPSA) is 111 Å². The van der Waals surface area contributed by atoms with Gasteiger partial charge < -0.3 is 20.1 Å². The third kappa shape index (κ3) is 2.96. The lowest BCUT2D eigenvalue weighted by atomic mass is 10.1. The van der Waals surface area contributed by atoms with E-state index >= 15 is 0 Å². The predicted molar refractivity (Wildman–Crippen MR) is 82.9 cm³/mol. The number of phenols is 3. The lowest BCUT2D eigenvalue weighted by molar-refractivity contribution is 0.0607. The summed E-state index contributed by atoms with van der Waals surface area (Å²) in [7, 11) is 1.29. The van der Waals surface area contributed by atoms with Crippen molar-refractivity contribution >= 4 is 28.7 Å². The fraction of sp³-hybridized carbons (Fsp3) is 0.143. The first-order valence-corrected chi connectivity index (χ1v) is 7.04. The van der Waals surface area contributed by atoms with Gasteiger partial charge in [-0.25, -0.2) is 4.79 Å². The molecule has 22 heavy (non-hydrogen) atoms. The average Bonchev–Trinajstić information content (AvgIpc) is 2.98. The van der Waals surface area contributed by atoms with Crippen LogP contribution in [-0.4, -0.2) is 34.1 Å². The van der Waals surface area contributed by atoms with Crippen molar-refractivity contribution < 1.29 is 24.9 Å². The van der Waals surface area contributed by atoms with Crippen LogP contribution in [0.2, 0.25) is 0 Å². The molecule has 0 aliphatic rings. The molecule has 0 amide bonds. The summed E-state index contributed by atoms with van der Waals surface area (Å²) in [4.78, 5) is 11.9. The molecule has 0 radical (unpaired) electrons. The SMILES string of the molecule is COC(=O)c1sccc1NN=C(C)c1ccc(O)c(O)c1O. The summed E-state index contributed by atoms with van der Waals surface area (Å²) in [5.74, 6) is -1.98. The predicted octanol–water partition coefficient (Wildman–Crippen LogP) is 2.49. The number of phenolic OH excluding ortho intramolecular Hbond substituents is 3. The molecule has 8 heteroatoms. The maximum Gasteiger partial charge on any atom is 0.350 e. The molecule has 4 N–H and O–H groups in total. The van der Waals surface area contributed by atoms with Gasteiger partial charge in [0.2, 0.25) is 5.75 Å². The van der Waals surface area contributed by atoms with Crippen molar-refractivity contribution in [1.82, 2.24) is 0 Å². The molecule has 0 bridgehead atoms. The Morgan fingerprint density at radius 3 is 2.64 bits per heavy atom. The lowest BCUT2D eigenvalue weighted by Gasteiger charge is -2.08. The molecule has 0 unspecified atom stereocenters. The average molecular weight is 322 g/mol. The summed E-state index contributed by atoms with van der Waals surface area (Å²) in [5.41, 5.74) is 3.79. The number of nitrogens with zero attached hydrogens (tertiary/aromatic N) is 1. The molecule has 0 saturated heterocycles. The van der Waals surface area contributed by atoms with Gasteiger partial charge in [-0.1, -0.05) is 0 Å². The van der Waals surface area contributed by atoms with Crippen molar-refractivity contribution in [2.45, 2.75) is 6.92 Å². The molecule has 0 aliphatic heterocycles. The monoisotopic (exact) mass is 322 g/mol. The number of esters is 1. The van der Waals surface area contributed by atoms with E-state index in [4.69, 9.17) is 0 Å². The number of hydrogen-bond acceptors (Lipinski definition) is 8. The van der Waals surface area contributed by atoms with Crippen molar-refractivity contribution in [3.8, 4) is 17.2 Å². The second-order valence-electron chi connectivity index (χ2n) is 4.29. The van der Waals surface area contributed by atoms with Gasteiger partial charge in [0.15, 0.2) is 11.5 Å². The number of nitrogens with one attached hydrogen (secondary N) is 1. The zero-order valence-electron chi connectivity index (χ0n) is 11.8. The van der Waals surface area contributed by atoms with E-state index < -0.39 is 23.2 Å². The van der Waals surface area contributed by atoms with Crippen LogP contribution in [0.3, 0.4) is 0 Å². The number of aromatic hydroxyl groups is 3. The molecule has 1 aromatic carbocycles. The third-order valence-electron chi connectivity index (χ3n) is 2.90. The van der Waals surface area contributed by atoms with Gasteiger partial charge in [0.25, 0.3) is 0 Å². The van der Waals surface area contributed by atoms with Crippen LogP contribution in [0.1, 0.15) is 22.2 Å². The zero-order valence-corrected chi connectivity index (χ0v) is 12.6. The van der Waals surface area contributed by atoms with E-state index in [1.807, 2.05) is 0 Å². The van der Waals surface area contributed by atoms with Crippen molar-refractivity contribution in [1.29, 1.82) is 0 Å². The minimum Gasteiger partial charge on any atom is -0.504 e. The number of hydrazone groups is 1. The van der Waals surface area contributed by atoms with E-state index in [1.165, 1.54) is 30.6 Å². The Balaban J connectivity index is 2.26. The van der Waals surface area contributed by atoms with Crippen LogP contribution in [0.5, 0.6) is 17.2 Å². The molecule has 1 heterocycles. The molecule has 0 spiro atoms. The van der Waals surface area contributed by atoms with Crippen LogP contribution < -0.4 is 5.43 Å². The number of anilines is 1. The van der Waals surface area contributed by atoms with Gasteiger partial charge in [0.1, 0.15) is 4.88 Å². The minimum atomic E-state index is -0.613. The Labute approximate surface area is 130 Å². The lowest BCUT2D eigenvalue weighted by Crippen LogP contribution is -2.04. The highest BCUT2D eigenvalue weighted by Gasteiger charge is 2.15. The molecule has 0 atom stereocenters. The Morgan fingerprint density at radius 1 is 1.23 bits per heavy atom. The van der Waals surface area contributed by atoms with Crippen LogP contribution in [0, 0.1) is 0 Å². The van der Waals surface area contributed by atoms with Crippen molar-refractivity contribution in [3.63, 3.8) is 0 Å². The van der Waals surface area contributed by atoms with Gasteiger partial charge in [-0.05, 0) is 30.5 Å². The maximum absolute atomic E-state index is 11.5. The van der Waals surface area contributed by atoms with Crippen molar-refractivity contribution in [3.05, 3.63) is 34.0 Å². The molecule has 116 valence electrons. The van der Waals surface area contributed by atoms with E-state index in [0.717, 1.165) is 0 Å². The fourth-order valence-electron chi connectivity index (χ4n) is 1.71. The number of methoxy groups -OCH3 is 1. The Bertz CT molecular complexity index is 739. The Morgan fingerprint density at radius 2 is 1.95 bits per heavy atom. The Kier molecular flexibility index (Phi) is 4.52. The summed E-state index contributed by atoms with van der Waals surface area (Å²) in [6, 6.07) is 4.33. The van der Waals surface area contributed by atoms with Crippen molar-refractivity contribution in [2.24, 2.45) is 5.10 Å². The second-order valence-corrected chi connectivity index (χ2v) is 5.21. The molecule has 7 nitrogen and oxygen atoms in total. The normalized spacial score (nSPS) is 11.3. The maximum atomic E-state index is 11.5. The summed E-state index contributed by atoms with van der Waals surface area (Å²) >= 11 is 1.21.